The molecule has 0 saturated carbocycles. The Labute approximate surface area is 247 Å². The molecule has 4 aromatic rings. The Morgan fingerprint density at radius 2 is 1.78 bits per heavy atom. The average Bonchev–Trinajstić information content (AvgIpc) is 3.28. The molecule has 1 fully saturated rings. The number of pyridine rings is 1. The Kier molecular flexibility index (Phi) is 7.51. The Morgan fingerprint density at radius 3 is 2.59 bits per heavy atom. The van der Waals surface area contributed by atoms with Crippen LogP contribution in [-0.2, 0) is 24.2 Å². The Hall–Kier alpha value is -4.15. The van der Waals surface area contributed by atoms with Crippen molar-refractivity contribution in [3.8, 4) is 11.5 Å². The molecule has 8 nitrogen and oxygen atoms in total. The maximum absolute atomic E-state index is 13.8. The number of thioether (sulfide) groups is 1. The van der Waals surface area contributed by atoms with E-state index in [0.29, 0.717) is 57.3 Å². The van der Waals surface area contributed by atoms with E-state index in [1.165, 1.54) is 27.3 Å². The van der Waals surface area contributed by atoms with Crippen molar-refractivity contribution in [2.24, 2.45) is 0 Å². The van der Waals surface area contributed by atoms with Crippen LogP contribution in [0.2, 0.25) is 0 Å². The molecule has 2 aliphatic heterocycles. The molecule has 0 atom stereocenters. The number of benzene rings is 2. The van der Waals surface area contributed by atoms with Crippen LogP contribution >= 0.6 is 24.0 Å². The molecule has 208 valence electrons. The van der Waals surface area contributed by atoms with E-state index in [2.05, 4.69) is 17.0 Å². The molecule has 0 aliphatic carbocycles. The highest BCUT2D eigenvalue weighted by Gasteiger charge is 2.33. The average molecular weight is 585 g/mol. The first-order valence-electron chi connectivity index (χ1n) is 13.3. The summed E-state index contributed by atoms with van der Waals surface area (Å²) in [5, 5.41) is 0. The highest BCUT2D eigenvalue weighted by Crippen LogP contribution is 2.35. The molecule has 2 aromatic carbocycles. The minimum absolute atomic E-state index is 0.215. The fourth-order valence-corrected chi connectivity index (χ4v) is 6.53. The molecule has 1 amide bonds. The lowest BCUT2D eigenvalue weighted by Gasteiger charge is -2.30. The van der Waals surface area contributed by atoms with E-state index < -0.39 is 0 Å². The van der Waals surface area contributed by atoms with E-state index in [0.717, 1.165) is 18.5 Å². The van der Waals surface area contributed by atoms with Gasteiger partial charge >= 0.3 is 0 Å². The Bertz CT molecular complexity index is 1770. The predicted octanol–water partition coefficient (Wildman–Crippen LogP) is 4.72. The topological polar surface area (TPSA) is 76.4 Å². The number of carbonyl (C=O) groups excluding carboxylic acids is 1. The van der Waals surface area contributed by atoms with Crippen LogP contribution in [0.15, 0.2) is 76.6 Å². The zero-order valence-electron chi connectivity index (χ0n) is 22.7. The molecule has 1 saturated heterocycles. The van der Waals surface area contributed by atoms with E-state index in [4.69, 9.17) is 26.7 Å². The number of ether oxygens (including phenoxy) is 2. The molecule has 2 aliphatic rings. The summed E-state index contributed by atoms with van der Waals surface area (Å²) in [5.74, 6) is 1.64. The van der Waals surface area contributed by atoms with Crippen LogP contribution in [-0.4, -0.2) is 51.8 Å². The fraction of sp³-hybridized carbons (Fsp3) is 0.226. The molecular weight excluding hydrogens is 556 g/mol. The monoisotopic (exact) mass is 584 g/mol. The summed E-state index contributed by atoms with van der Waals surface area (Å²) in [7, 11) is 3.19. The van der Waals surface area contributed by atoms with E-state index in [9.17, 15) is 9.59 Å². The highest BCUT2D eigenvalue weighted by molar-refractivity contribution is 8.26. The molecule has 0 unspecified atom stereocenters. The SMILES string of the molecule is COc1ccc(CCN2C(=O)/C(=C\c3c(N4CCc5ccccc5C4)nc4ccccn4c3=O)SC2=S)cc1OC. The lowest BCUT2D eigenvalue weighted by Crippen LogP contribution is -2.34. The number of aromatic nitrogens is 2. The van der Waals surface area contributed by atoms with Crippen LogP contribution in [0.4, 0.5) is 5.82 Å². The van der Waals surface area contributed by atoms with Gasteiger partial charge in [-0.1, -0.05) is 60.4 Å². The minimum atomic E-state index is -0.222. The maximum Gasteiger partial charge on any atom is 0.267 e. The quantitative estimate of drug-likeness (QED) is 0.228. The largest absolute Gasteiger partial charge is 0.493 e. The van der Waals surface area contributed by atoms with Gasteiger partial charge in [-0.25, -0.2) is 4.98 Å². The minimum Gasteiger partial charge on any atom is -0.493 e. The Balaban J connectivity index is 1.32. The molecule has 10 heteroatoms. The number of thiocarbonyl (C=S) groups is 1. The van der Waals surface area contributed by atoms with Gasteiger partial charge < -0.3 is 14.4 Å². The summed E-state index contributed by atoms with van der Waals surface area (Å²) in [6.45, 7) is 1.76. The lowest BCUT2D eigenvalue weighted by molar-refractivity contribution is -0.122. The van der Waals surface area contributed by atoms with Crippen LogP contribution in [0, 0.1) is 0 Å². The van der Waals surface area contributed by atoms with Crippen molar-refractivity contribution >= 4 is 51.7 Å². The van der Waals surface area contributed by atoms with E-state index in [1.807, 2.05) is 42.5 Å². The van der Waals surface area contributed by atoms with Crippen LogP contribution < -0.4 is 19.9 Å². The molecule has 0 radical (unpaired) electrons. The second-order valence-electron chi connectivity index (χ2n) is 9.80. The van der Waals surface area contributed by atoms with Crippen LogP contribution in [0.5, 0.6) is 11.5 Å². The summed E-state index contributed by atoms with van der Waals surface area (Å²) in [4.78, 5) is 36.4. The van der Waals surface area contributed by atoms with Crippen LogP contribution in [0.25, 0.3) is 11.7 Å². The predicted molar refractivity (Wildman–Crippen MR) is 166 cm³/mol. The van der Waals surface area contributed by atoms with Gasteiger partial charge in [0.2, 0.25) is 0 Å². The number of rotatable bonds is 7. The van der Waals surface area contributed by atoms with E-state index in [-0.39, 0.29) is 11.5 Å². The first kappa shape index (κ1) is 27.0. The van der Waals surface area contributed by atoms with Gasteiger partial charge in [-0.15, -0.1) is 0 Å². The second-order valence-corrected chi connectivity index (χ2v) is 11.5. The third-order valence-corrected chi connectivity index (χ3v) is 8.78. The van der Waals surface area contributed by atoms with Gasteiger partial charge in [-0.05, 0) is 59.9 Å². The number of amides is 1. The van der Waals surface area contributed by atoms with E-state index in [1.54, 1.807) is 37.5 Å². The van der Waals surface area contributed by atoms with Crippen molar-refractivity contribution in [3.05, 3.63) is 104 Å². The van der Waals surface area contributed by atoms with Crippen molar-refractivity contribution in [2.45, 2.75) is 19.4 Å². The number of anilines is 1. The zero-order chi connectivity index (χ0) is 28.5. The Morgan fingerprint density at radius 1 is 1.00 bits per heavy atom. The third-order valence-electron chi connectivity index (χ3n) is 7.40. The molecule has 2 aromatic heterocycles. The number of methoxy groups -OCH3 is 2. The smallest absolute Gasteiger partial charge is 0.267 e. The summed E-state index contributed by atoms with van der Waals surface area (Å²) in [6.07, 6.45) is 4.80. The molecule has 0 spiro atoms. The van der Waals surface area contributed by atoms with E-state index >= 15 is 0 Å². The van der Waals surface area contributed by atoms with Crippen molar-refractivity contribution in [1.82, 2.24) is 14.3 Å². The van der Waals surface area contributed by atoms with Gasteiger partial charge in [0, 0.05) is 25.8 Å². The molecule has 0 bridgehead atoms. The van der Waals surface area contributed by atoms with Gasteiger partial charge in [0.15, 0.2) is 11.5 Å². The molecular formula is C31H28N4O4S2. The highest BCUT2D eigenvalue weighted by atomic mass is 32.2. The van der Waals surface area contributed by atoms with Crippen molar-refractivity contribution in [2.75, 3.05) is 32.2 Å². The summed E-state index contributed by atoms with van der Waals surface area (Å²) < 4.78 is 12.7. The van der Waals surface area contributed by atoms with Gasteiger partial charge in [0.05, 0.1) is 24.7 Å². The first-order chi connectivity index (χ1) is 20.0. The number of fused-ring (bicyclic) bond motifs is 2. The lowest BCUT2D eigenvalue weighted by atomic mass is 9.99. The van der Waals surface area contributed by atoms with Crippen LogP contribution in [0.3, 0.4) is 0 Å². The molecule has 41 heavy (non-hydrogen) atoms. The molecule has 0 N–H and O–H groups in total. The summed E-state index contributed by atoms with van der Waals surface area (Å²) in [5.41, 5.74) is 4.23. The summed E-state index contributed by atoms with van der Waals surface area (Å²) >= 11 is 6.81. The number of carbonyl (C=O) groups is 1. The molecule has 4 heterocycles. The van der Waals surface area contributed by atoms with Crippen molar-refractivity contribution < 1.29 is 14.3 Å². The number of hydrogen-bond acceptors (Lipinski definition) is 8. The number of hydrogen-bond donors (Lipinski definition) is 0. The third kappa shape index (κ3) is 5.20. The van der Waals surface area contributed by atoms with Gasteiger partial charge in [-0.3, -0.25) is 18.9 Å². The van der Waals surface area contributed by atoms with Gasteiger partial charge in [0.25, 0.3) is 11.5 Å². The maximum atomic E-state index is 13.8. The van der Waals surface area contributed by atoms with Crippen molar-refractivity contribution in [1.29, 1.82) is 0 Å². The van der Waals surface area contributed by atoms with Crippen molar-refractivity contribution in [3.63, 3.8) is 0 Å². The fourth-order valence-electron chi connectivity index (χ4n) is 5.24. The normalized spacial score (nSPS) is 16.0. The van der Waals surface area contributed by atoms with Crippen LogP contribution in [0.1, 0.15) is 22.3 Å². The number of nitrogens with zero attached hydrogens (tertiary/aromatic N) is 4. The standard InChI is InChI=1S/C31H28N4O4S2/c1-38-24-11-10-20(17-25(24)39-2)12-16-35-30(37)26(41-31(35)40)18-23-28(32-27-9-5-6-14-34(27)29(23)36)33-15-13-21-7-3-4-8-22(21)19-33/h3-11,14,17-18H,12-13,15-16,19H2,1-2H3/b26-18+. The zero-order valence-corrected chi connectivity index (χ0v) is 24.3. The first-order valence-corrected chi connectivity index (χ1v) is 14.5. The second kappa shape index (κ2) is 11.4. The van der Waals surface area contributed by atoms with Gasteiger partial charge in [0.1, 0.15) is 15.8 Å². The summed E-state index contributed by atoms with van der Waals surface area (Å²) in [6, 6.07) is 19.5. The van der Waals surface area contributed by atoms with Gasteiger partial charge in [-0.2, -0.15) is 0 Å². The molecule has 6 rings (SSSR count).